The summed E-state index contributed by atoms with van der Waals surface area (Å²) in [5.41, 5.74) is 1.55. The molecule has 41 heavy (non-hydrogen) atoms. The van der Waals surface area contributed by atoms with Gasteiger partial charge in [0.2, 0.25) is 21.8 Å². The van der Waals surface area contributed by atoms with E-state index < -0.39 is 21.6 Å². The highest BCUT2D eigenvalue weighted by atomic mass is 35.5. The van der Waals surface area contributed by atoms with E-state index in [0.717, 1.165) is 11.8 Å². The second-order valence-electron chi connectivity index (χ2n) is 11.0. The quantitative estimate of drug-likeness (QED) is 0.266. The second-order valence-corrected chi connectivity index (χ2v) is 13.7. The number of sulfonamides is 1. The molecule has 3 aromatic rings. The molecule has 220 valence electrons. The molecule has 0 saturated carbocycles. The van der Waals surface area contributed by atoms with Crippen molar-refractivity contribution in [2.24, 2.45) is 0 Å². The van der Waals surface area contributed by atoms with Crippen molar-refractivity contribution in [3.05, 3.63) is 100 Å². The summed E-state index contributed by atoms with van der Waals surface area (Å²) in [5.74, 6) is -0.579. The predicted octanol–water partition coefficient (Wildman–Crippen LogP) is 6.09. The summed E-state index contributed by atoms with van der Waals surface area (Å²) >= 11 is 12.6. The lowest BCUT2D eigenvalue weighted by Gasteiger charge is -2.34. The molecule has 3 aromatic carbocycles. The Morgan fingerprint density at radius 3 is 2.10 bits per heavy atom. The Bertz CT molecular complexity index is 1430. The fraction of sp³-hybridized carbons (Fsp3) is 0.355. The molecular weight excluding hydrogens is 581 g/mol. The number of rotatable bonds is 12. The maximum absolute atomic E-state index is 13.9. The van der Waals surface area contributed by atoms with E-state index in [2.05, 4.69) is 5.32 Å². The third-order valence-corrected chi connectivity index (χ3v) is 8.10. The fourth-order valence-electron chi connectivity index (χ4n) is 4.44. The standard InChI is InChI=1S/C31H37Cl2N3O4S/c1-31(2,3)34-30(38)28(20-23-12-7-5-8-13-23)35(22-24-17-18-25(32)21-27(24)33)29(37)16-11-19-36(41(4,39)40)26-14-9-6-10-15-26/h5-10,12-15,17-18,21,28H,11,16,19-20,22H2,1-4H3,(H,34,38)/t28-/m1/s1. The first-order valence-electron chi connectivity index (χ1n) is 13.4. The molecule has 0 aliphatic rings. The van der Waals surface area contributed by atoms with Crippen molar-refractivity contribution in [1.82, 2.24) is 10.2 Å². The number of para-hydroxylation sites is 1. The van der Waals surface area contributed by atoms with Crippen molar-refractivity contribution in [3.8, 4) is 0 Å². The zero-order valence-corrected chi connectivity index (χ0v) is 26.1. The van der Waals surface area contributed by atoms with Gasteiger partial charge in [-0.25, -0.2) is 8.42 Å². The van der Waals surface area contributed by atoms with E-state index in [1.165, 1.54) is 9.21 Å². The highest BCUT2D eigenvalue weighted by Gasteiger charge is 2.32. The van der Waals surface area contributed by atoms with Crippen molar-refractivity contribution in [2.45, 2.75) is 58.2 Å². The SMILES string of the molecule is CC(C)(C)NC(=O)[C@@H](Cc1ccccc1)N(Cc1ccc(Cl)cc1Cl)C(=O)CCCN(c1ccccc1)S(C)(=O)=O. The number of carbonyl (C=O) groups is 2. The summed E-state index contributed by atoms with van der Waals surface area (Å²) in [5, 5.41) is 3.87. The lowest BCUT2D eigenvalue weighted by atomic mass is 10.00. The minimum Gasteiger partial charge on any atom is -0.350 e. The van der Waals surface area contributed by atoms with Gasteiger partial charge in [-0.15, -0.1) is 0 Å². The maximum atomic E-state index is 13.9. The molecule has 1 N–H and O–H groups in total. The van der Waals surface area contributed by atoms with Gasteiger partial charge in [0.05, 0.1) is 11.9 Å². The van der Waals surface area contributed by atoms with E-state index in [-0.39, 0.29) is 37.7 Å². The van der Waals surface area contributed by atoms with Crippen LogP contribution in [0.5, 0.6) is 0 Å². The molecule has 0 aliphatic heterocycles. The van der Waals surface area contributed by atoms with E-state index in [0.29, 0.717) is 27.7 Å². The Morgan fingerprint density at radius 2 is 1.54 bits per heavy atom. The topological polar surface area (TPSA) is 86.8 Å². The second kappa shape index (κ2) is 14.2. The summed E-state index contributed by atoms with van der Waals surface area (Å²) in [6.07, 6.45) is 1.71. The van der Waals surface area contributed by atoms with Crippen LogP contribution in [0.15, 0.2) is 78.9 Å². The fourth-order valence-corrected chi connectivity index (χ4v) is 5.87. The lowest BCUT2D eigenvalue weighted by Crippen LogP contribution is -2.54. The van der Waals surface area contributed by atoms with E-state index in [9.17, 15) is 18.0 Å². The molecule has 3 rings (SSSR count). The molecule has 0 bridgehead atoms. The number of halogens is 2. The predicted molar refractivity (Wildman–Crippen MR) is 167 cm³/mol. The molecule has 0 aromatic heterocycles. The van der Waals surface area contributed by atoms with Gasteiger partial charge in [0.15, 0.2) is 0 Å². The minimum absolute atomic E-state index is 0.0259. The van der Waals surface area contributed by atoms with E-state index in [4.69, 9.17) is 23.2 Å². The first-order valence-corrected chi connectivity index (χ1v) is 16.0. The molecule has 2 amide bonds. The van der Waals surface area contributed by atoms with Crippen LogP contribution in [-0.2, 0) is 32.6 Å². The number of nitrogens with one attached hydrogen (secondary N) is 1. The third-order valence-electron chi connectivity index (χ3n) is 6.32. The van der Waals surface area contributed by atoms with Crippen LogP contribution in [0.2, 0.25) is 10.0 Å². The molecular formula is C31H37Cl2N3O4S. The number of hydrogen-bond acceptors (Lipinski definition) is 4. The molecule has 0 fully saturated rings. The van der Waals surface area contributed by atoms with Gasteiger partial charge in [0.25, 0.3) is 0 Å². The van der Waals surface area contributed by atoms with Crippen LogP contribution < -0.4 is 9.62 Å². The van der Waals surface area contributed by atoms with Gasteiger partial charge in [-0.3, -0.25) is 13.9 Å². The van der Waals surface area contributed by atoms with Gasteiger partial charge in [0, 0.05) is 41.5 Å². The van der Waals surface area contributed by atoms with Crippen LogP contribution in [0.25, 0.3) is 0 Å². The smallest absolute Gasteiger partial charge is 0.243 e. The average molecular weight is 619 g/mol. The van der Waals surface area contributed by atoms with Crippen molar-refractivity contribution in [1.29, 1.82) is 0 Å². The number of nitrogens with zero attached hydrogens (tertiary/aromatic N) is 2. The number of hydrogen-bond donors (Lipinski definition) is 1. The van der Waals surface area contributed by atoms with Crippen molar-refractivity contribution >= 4 is 50.7 Å². The highest BCUT2D eigenvalue weighted by Crippen LogP contribution is 2.25. The zero-order valence-electron chi connectivity index (χ0n) is 23.8. The van der Waals surface area contributed by atoms with Gasteiger partial charge in [0.1, 0.15) is 6.04 Å². The van der Waals surface area contributed by atoms with Crippen molar-refractivity contribution in [3.63, 3.8) is 0 Å². The van der Waals surface area contributed by atoms with Gasteiger partial charge >= 0.3 is 0 Å². The van der Waals surface area contributed by atoms with Crippen LogP contribution in [-0.4, -0.2) is 49.5 Å². The van der Waals surface area contributed by atoms with E-state index >= 15 is 0 Å². The van der Waals surface area contributed by atoms with Crippen LogP contribution in [0, 0.1) is 0 Å². The highest BCUT2D eigenvalue weighted by molar-refractivity contribution is 7.92. The Labute approximate surface area is 253 Å². The normalized spacial score (nSPS) is 12.4. The maximum Gasteiger partial charge on any atom is 0.243 e. The average Bonchev–Trinajstić information content (AvgIpc) is 2.89. The molecule has 0 spiro atoms. The number of carbonyl (C=O) groups excluding carboxylic acids is 2. The molecule has 0 aliphatic carbocycles. The first kappa shape index (κ1) is 32.4. The van der Waals surface area contributed by atoms with Gasteiger partial charge in [-0.1, -0.05) is 77.8 Å². The number of anilines is 1. The molecule has 0 unspecified atom stereocenters. The lowest BCUT2D eigenvalue weighted by molar-refractivity contribution is -0.142. The summed E-state index contributed by atoms with van der Waals surface area (Å²) in [7, 11) is -3.57. The first-order chi connectivity index (χ1) is 19.2. The minimum atomic E-state index is -3.57. The summed E-state index contributed by atoms with van der Waals surface area (Å²) in [4.78, 5) is 29.1. The Hall–Kier alpha value is -3.07. The molecule has 0 saturated heterocycles. The van der Waals surface area contributed by atoms with Crippen LogP contribution in [0.1, 0.15) is 44.7 Å². The summed E-state index contributed by atoms with van der Waals surface area (Å²) < 4.78 is 26.4. The number of amides is 2. The summed E-state index contributed by atoms with van der Waals surface area (Å²) in [6, 6.07) is 22.5. The monoisotopic (exact) mass is 617 g/mol. The zero-order chi connectivity index (χ0) is 30.2. The van der Waals surface area contributed by atoms with Gasteiger partial charge < -0.3 is 10.2 Å². The van der Waals surface area contributed by atoms with E-state index in [1.807, 2.05) is 57.2 Å². The summed E-state index contributed by atoms with van der Waals surface area (Å²) in [6.45, 7) is 5.85. The molecule has 10 heteroatoms. The largest absolute Gasteiger partial charge is 0.350 e. The van der Waals surface area contributed by atoms with Crippen molar-refractivity contribution in [2.75, 3.05) is 17.1 Å². The van der Waals surface area contributed by atoms with E-state index in [1.54, 1.807) is 42.5 Å². The van der Waals surface area contributed by atoms with Crippen LogP contribution in [0.4, 0.5) is 5.69 Å². The number of benzene rings is 3. The Kier molecular flexibility index (Phi) is 11.2. The Morgan fingerprint density at radius 1 is 0.927 bits per heavy atom. The van der Waals surface area contributed by atoms with Gasteiger partial charge in [-0.2, -0.15) is 0 Å². The molecule has 1 atom stereocenters. The molecule has 0 radical (unpaired) electrons. The Balaban J connectivity index is 1.93. The molecule has 0 heterocycles. The van der Waals surface area contributed by atoms with Gasteiger partial charge in [-0.05, 0) is 62.6 Å². The van der Waals surface area contributed by atoms with Crippen LogP contribution in [0.3, 0.4) is 0 Å². The van der Waals surface area contributed by atoms with Crippen molar-refractivity contribution < 1.29 is 18.0 Å². The molecule has 7 nitrogen and oxygen atoms in total. The van der Waals surface area contributed by atoms with Crippen LogP contribution >= 0.6 is 23.2 Å². The third kappa shape index (κ3) is 10.1.